The lowest BCUT2D eigenvalue weighted by Gasteiger charge is -2.39. The van der Waals surface area contributed by atoms with E-state index in [1.165, 1.54) is 6.07 Å². The molecule has 1 saturated carbocycles. The van der Waals surface area contributed by atoms with Gasteiger partial charge in [-0.1, -0.05) is 45.0 Å². The zero-order valence-corrected chi connectivity index (χ0v) is 16.2. The molecule has 2 atom stereocenters. The molecule has 28 heavy (non-hydrogen) atoms. The first-order valence-corrected chi connectivity index (χ1v) is 9.65. The van der Waals surface area contributed by atoms with E-state index in [1.807, 2.05) is 24.3 Å². The smallest absolute Gasteiger partial charge is 0.237 e. The first-order chi connectivity index (χ1) is 13.3. The molecule has 0 aliphatic heterocycles. The van der Waals surface area contributed by atoms with Gasteiger partial charge in [-0.25, -0.2) is 14.4 Å². The van der Waals surface area contributed by atoms with Crippen LogP contribution in [0, 0.1) is 11.2 Å². The van der Waals surface area contributed by atoms with E-state index in [0.29, 0.717) is 6.42 Å². The number of benzene rings is 2. The van der Waals surface area contributed by atoms with E-state index in [-0.39, 0.29) is 17.0 Å². The summed E-state index contributed by atoms with van der Waals surface area (Å²) in [5.41, 5.74) is 2.00. The summed E-state index contributed by atoms with van der Waals surface area (Å²) in [5, 5.41) is 2.85. The third kappa shape index (κ3) is 1.87. The quantitative estimate of drug-likeness (QED) is 0.704. The first-order valence-electron chi connectivity index (χ1n) is 9.65. The number of para-hydroxylation sites is 3. The molecular formula is C23H22FN3O. The topological polar surface area (TPSA) is 54.9 Å². The van der Waals surface area contributed by atoms with Gasteiger partial charge in [0.15, 0.2) is 0 Å². The third-order valence-electron chi connectivity index (χ3n) is 7.45. The Balaban J connectivity index is 1.72. The van der Waals surface area contributed by atoms with E-state index < -0.39 is 16.6 Å². The van der Waals surface area contributed by atoms with Gasteiger partial charge in [-0.3, -0.25) is 4.79 Å². The molecule has 142 valence electrons. The SMILES string of the molecule is CC1(C)[C@@]2(C)CC[C@]1(C(=O)Nc1ccccc1F)c1nc3ccccc3nc12. The fraction of sp³-hybridized carbons (Fsp3) is 0.348. The molecule has 2 aliphatic carbocycles. The monoisotopic (exact) mass is 375 g/mol. The van der Waals surface area contributed by atoms with Crippen LogP contribution in [0.2, 0.25) is 0 Å². The van der Waals surface area contributed by atoms with Gasteiger partial charge >= 0.3 is 0 Å². The number of hydrogen-bond donors (Lipinski definition) is 1. The fourth-order valence-electron chi connectivity index (χ4n) is 5.34. The van der Waals surface area contributed by atoms with Crippen molar-refractivity contribution < 1.29 is 9.18 Å². The molecule has 5 rings (SSSR count). The Hall–Kier alpha value is -2.82. The number of halogens is 1. The van der Waals surface area contributed by atoms with Crippen LogP contribution in [0.25, 0.3) is 11.0 Å². The molecule has 0 saturated heterocycles. The normalized spacial score (nSPS) is 27.0. The predicted octanol–water partition coefficient (Wildman–Crippen LogP) is 4.74. The Morgan fingerprint density at radius 1 is 0.929 bits per heavy atom. The summed E-state index contributed by atoms with van der Waals surface area (Å²) in [4.78, 5) is 23.5. The maximum atomic E-state index is 14.2. The number of anilines is 1. The van der Waals surface area contributed by atoms with Crippen LogP contribution < -0.4 is 5.32 Å². The molecule has 3 aromatic rings. The van der Waals surface area contributed by atoms with Gasteiger partial charge < -0.3 is 5.32 Å². The summed E-state index contributed by atoms with van der Waals surface area (Å²) in [6.07, 6.45) is 1.53. The molecule has 0 unspecified atom stereocenters. The number of amides is 1. The fourth-order valence-corrected chi connectivity index (χ4v) is 5.34. The van der Waals surface area contributed by atoms with Crippen molar-refractivity contribution in [2.75, 3.05) is 5.32 Å². The van der Waals surface area contributed by atoms with Crippen LogP contribution in [0.3, 0.4) is 0 Å². The average molecular weight is 375 g/mol. The highest BCUT2D eigenvalue weighted by Crippen LogP contribution is 2.70. The number of nitrogens with zero attached hydrogens (tertiary/aromatic N) is 2. The highest BCUT2D eigenvalue weighted by atomic mass is 19.1. The molecule has 1 heterocycles. The van der Waals surface area contributed by atoms with Gasteiger partial charge in [-0.15, -0.1) is 0 Å². The van der Waals surface area contributed by atoms with Crippen LogP contribution in [0.4, 0.5) is 10.1 Å². The Morgan fingerprint density at radius 2 is 1.54 bits per heavy atom. The van der Waals surface area contributed by atoms with Crippen LogP contribution >= 0.6 is 0 Å². The van der Waals surface area contributed by atoms with Gasteiger partial charge in [0.25, 0.3) is 0 Å². The van der Waals surface area contributed by atoms with Crippen molar-refractivity contribution in [1.82, 2.24) is 9.97 Å². The van der Waals surface area contributed by atoms with Crippen LogP contribution in [0.5, 0.6) is 0 Å². The number of fused-ring (bicyclic) bond motifs is 6. The van der Waals surface area contributed by atoms with Crippen LogP contribution in [0.1, 0.15) is 45.0 Å². The largest absolute Gasteiger partial charge is 0.323 e. The second kappa shape index (κ2) is 5.37. The molecule has 1 aromatic heterocycles. The first kappa shape index (κ1) is 17.3. The van der Waals surface area contributed by atoms with E-state index in [9.17, 15) is 9.18 Å². The highest BCUT2D eigenvalue weighted by molar-refractivity contribution is 6.02. The van der Waals surface area contributed by atoms with Crippen molar-refractivity contribution in [3.05, 3.63) is 65.7 Å². The lowest BCUT2D eigenvalue weighted by Crippen LogP contribution is -2.48. The van der Waals surface area contributed by atoms with Gasteiger partial charge in [-0.05, 0) is 42.5 Å². The molecule has 5 heteroatoms. The van der Waals surface area contributed by atoms with Crippen molar-refractivity contribution in [1.29, 1.82) is 0 Å². The standard InChI is InChI=1S/C23H22FN3O/c1-21(2)22(3)12-13-23(21,20(28)27-15-9-5-4-8-14(15)24)19-18(22)25-16-10-6-7-11-17(16)26-19/h4-11H,12-13H2,1-3H3,(H,27,28)/t22-,23+/m0/s1. The van der Waals surface area contributed by atoms with Crippen molar-refractivity contribution in [2.45, 2.75) is 44.4 Å². The number of carbonyl (C=O) groups is 1. The molecule has 0 radical (unpaired) electrons. The summed E-state index contributed by atoms with van der Waals surface area (Å²) in [5.74, 6) is -0.636. The van der Waals surface area contributed by atoms with Crippen molar-refractivity contribution in [3.8, 4) is 0 Å². The average Bonchev–Trinajstić information content (AvgIpc) is 2.98. The molecular weight excluding hydrogens is 353 g/mol. The van der Waals surface area contributed by atoms with Crippen molar-refractivity contribution >= 4 is 22.6 Å². The van der Waals surface area contributed by atoms with E-state index >= 15 is 0 Å². The molecule has 4 nitrogen and oxygen atoms in total. The molecule has 2 aromatic carbocycles. The maximum Gasteiger partial charge on any atom is 0.237 e. The molecule has 1 fully saturated rings. The summed E-state index contributed by atoms with van der Waals surface area (Å²) >= 11 is 0. The van der Waals surface area contributed by atoms with E-state index in [0.717, 1.165) is 28.8 Å². The Bertz CT molecular complexity index is 1140. The number of carbonyl (C=O) groups excluding carboxylic acids is 1. The highest BCUT2D eigenvalue weighted by Gasteiger charge is 2.73. The minimum Gasteiger partial charge on any atom is -0.323 e. The van der Waals surface area contributed by atoms with Crippen molar-refractivity contribution in [2.24, 2.45) is 5.41 Å². The zero-order valence-electron chi connectivity index (χ0n) is 16.2. The Morgan fingerprint density at radius 3 is 2.21 bits per heavy atom. The molecule has 1 amide bonds. The number of rotatable bonds is 2. The second-order valence-electron chi connectivity index (χ2n) is 8.71. The second-order valence-corrected chi connectivity index (χ2v) is 8.71. The number of nitrogens with one attached hydrogen (secondary N) is 1. The van der Waals surface area contributed by atoms with Crippen LogP contribution in [0.15, 0.2) is 48.5 Å². The molecule has 2 aliphatic rings. The van der Waals surface area contributed by atoms with E-state index in [4.69, 9.17) is 9.97 Å². The van der Waals surface area contributed by atoms with E-state index in [1.54, 1.807) is 18.2 Å². The lowest BCUT2D eigenvalue weighted by atomic mass is 9.63. The van der Waals surface area contributed by atoms with E-state index in [2.05, 4.69) is 26.1 Å². The minimum absolute atomic E-state index is 0.199. The summed E-state index contributed by atoms with van der Waals surface area (Å²) < 4.78 is 14.2. The van der Waals surface area contributed by atoms with Crippen LogP contribution in [-0.4, -0.2) is 15.9 Å². The zero-order chi connectivity index (χ0) is 19.7. The summed E-state index contributed by atoms with van der Waals surface area (Å²) in [6, 6.07) is 14.0. The summed E-state index contributed by atoms with van der Waals surface area (Å²) in [6.45, 7) is 6.42. The number of hydrogen-bond acceptors (Lipinski definition) is 3. The third-order valence-corrected chi connectivity index (χ3v) is 7.45. The van der Waals surface area contributed by atoms with Crippen molar-refractivity contribution in [3.63, 3.8) is 0 Å². The molecule has 2 bridgehead atoms. The number of aromatic nitrogens is 2. The predicted molar refractivity (Wildman–Crippen MR) is 107 cm³/mol. The maximum absolute atomic E-state index is 14.2. The Labute approximate surface area is 163 Å². The molecule has 0 spiro atoms. The van der Waals surface area contributed by atoms with Gasteiger partial charge in [0, 0.05) is 5.41 Å². The van der Waals surface area contributed by atoms with Crippen LogP contribution in [-0.2, 0) is 15.6 Å². The van der Waals surface area contributed by atoms with Gasteiger partial charge in [0.1, 0.15) is 5.82 Å². The molecule has 1 N–H and O–H groups in total. The summed E-state index contributed by atoms with van der Waals surface area (Å²) in [7, 11) is 0. The minimum atomic E-state index is -0.837. The van der Waals surface area contributed by atoms with Gasteiger partial charge in [0.2, 0.25) is 5.91 Å². The lowest BCUT2D eigenvalue weighted by molar-refractivity contribution is -0.125. The Kier molecular flexibility index (Phi) is 3.32. The van der Waals surface area contributed by atoms with Gasteiger partial charge in [0.05, 0.1) is 33.5 Å². The van der Waals surface area contributed by atoms with Gasteiger partial charge in [-0.2, -0.15) is 0 Å².